The zero-order valence-electron chi connectivity index (χ0n) is 8.09. The number of aldehydes is 1. The van der Waals surface area contributed by atoms with E-state index in [0.29, 0.717) is 0 Å². The fraction of sp³-hybridized carbons (Fsp3) is 0.273. The highest BCUT2D eigenvalue weighted by molar-refractivity contribution is 7.16. The molecule has 2 heterocycles. The maximum Gasteiger partial charge on any atom is 0.160 e. The molecule has 2 aromatic heterocycles. The molecule has 0 aromatic carbocycles. The molecule has 0 N–H and O–H groups in total. The average Bonchev–Trinajstić information content (AvgIpc) is 2.84. The van der Waals surface area contributed by atoms with E-state index in [9.17, 15) is 4.79 Å². The van der Waals surface area contributed by atoms with Gasteiger partial charge in [-0.05, 0) is 36.5 Å². The van der Waals surface area contributed by atoms with Crippen LogP contribution >= 0.6 is 11.3 Å². The molecule has 0 amide bonds. The minimum atomic E-state index is 0.726. The molecule has 3 rings (SSSR count). The smallest absolute Gasteiger partial charge is 0.160 e. The topological polar surface area (TPSA) is 34.9 Å². The van der Waals surface area contributed by atoms with Gasteiger partial charge in [0.2, 0.25) is 0 Å². The molecule has 15 heavy (non-hydrogen) atoms. The summed E-state index contributed by atoms with van der Waals surface area (Å²) < 4.78 is 1.85. The molecule has 4 heteroatoms. The van der Waals surface area contributed by atoms with Crippen LogP contribution in [-0.4, -0.2) is 16.1 Å². The van der Waals surface area contributed by atoms with Crippen LogP contribution in [0.15, 0.2) is 24.5 Å². The Hall–Kier alpha value is -1.42. The van der Waals surface area contributed by atoms with Crippen LogP contribution in [0.3, 0.4) is 0 Å². The van der Waals surface area contributed by atoms with Gasteiger partial charge in [-0.3, -0.25) is 4.79 Å². The Balaban J connectivity index is 1.93. The van der Waals surface area contributed by atoms with Crippen LogP contribution < -0.4 is 0 Å². The van der Waals surface area contributed by atoms with Crippen LogP contribution in [-0.2, 0) is 0 Å². The van der Waals surface area contributed by atoms with E-state index in [0.717, 1.165) is 22.1 Å². The van der Waals surface area contributed by atoms with E-state index in [-0.39, 0.29) is 0 Å². The molecule has 2 aromatic rings. The van der Waals surface area contributed by atoms with E-state index in [1.165, 1.54) is 29.7 Å². The van der Waals surface area contributed by atoms with E-state index in [4.69, 9.17) is 0 Å². The number of aromatic nitrogens is 2. The van der Waals surface area contributed by atoms with Gasteiger partial charge in [-0.1, -0.05) is 0 Å². The summed E-state index contributed by atoms with van der Waals surface area (Å²) in [6, 6.07) is 3.75. The predicted molar refractivity (Wildman–Crippen MR) is 58.8 cm³/mol. The first-order chi connectivity index (χ1) is 7.36. The zero-order chi connectivity index (χ0) is 10.3. The van der Waals surface area contributed by atoms with Crippen molar-refractivity contribution in [3.05, 3.63) is 35.0 Å². The molecule has 1 saturated carbocycles. The number of nitrogens with zero attached hydrogens (tertiary/aromatic N) is 2. The van der Waals surface area contributed by atoms with E-state index in [2.05, 4.69) is 11.3 Å². The molecular weight excluding hydrogens is 208 g/mol. The van der Waals surface area contributed by atoms with Crippen molar-refractivity contribution in [3.8, 4) is 5.00 Å². The van der Waals surface area contributed by atoms with Gasteiger partial charge in [0.05, 0.1) is 11.1 Å². The summed E-state index contributed by atoms with van der Waals surface area (Å²) in [5.74, 6) is 0.726. The van der Waals surface area contributed by atoms with Crippen molar-refractivity contribution in [2.45, 2.75) is 18.8 Å². The lowest BCUT2D eigenvalue weighted by Crippen LogP contribution is -1.88. The van der Waals surface area contributed by atoms with Crippen LogP contribution in [0.2, 0.25) is 0 Å². The highest BCUT2D eigenvalue weighted by Crippen LogP contribution is 2.40. The second-order valence-corrected chi connectivity index (χ2v) is 4.88. The number of hydrogen-bond acceptors (Lipinski definition) is 3. The van der Waals surface area contributed by atoms with Gasteiger partial charge < -0.3 is 0 Å². The first kappa shape index (κ1) is 8.85. The van der Waals surface area contributed by atoms with Crippen molar-refractivity contribution in [1.29, 1.82) is 0 Å². The highest BCUT2D eigenvalue weighted by atomic mass is 32.1. The standard InChI is InChI=1S/C11H10N2OS/c14-7-10-3-4-11(15-10)13-6-9(5-12-13)8-1-2-8/h3-8H,1-2H2. The molecule has 76 valence electrons. The second kappa shape index (κ2) is 3.31. The van der Waals surface area contributed by atoms with Crippen molar-refractivity contribution >= 4 is 17.6 Å². The van der Waals surface area contributed by atoms with E-state index in [1.807, 2.05) is 23.0 Å². The van der Waals surface area contributed by atoms with Crippen molar-refractivity contribution in [3.63, 3.8) is 0 Å². The zero-order valence-corrected chi connectivity index (χ0v) is 8.91. The molecule has 1 aliphatic rings. The van der Waals surface area contributed by atoms with Crippen LogP contribution in [0.1, 0.15) is 34.0 Å². The number of thiophene rings is 1. The van der Waals surface area contributed by atoms with Gasteiger partial charge in [0.15, 0.2) is 6.29 Å². The van der Waals surface area contributed by atoms with Crippen LogP contribution in [0.4, 0.5) is 0 Å². The van der Waals surface area contributed by atoms with Gasteiger partial charge >= 0.3 is 0 Å². The fourth-order valence-corrected chi connectivity index (χ4v) is 2.37. The number of carbonyl (C=O) groups excluding carboxylic acids is 1. The Morgan fingerprint density at radius 1 is 1.47 bits per heavy atom. The lowest BCUT2D eigenvalue weighted by molar-refractivity contribution is 0.112. The second-order valence-electron chi connectivity index (χ2n) is 3.79. The highest BCUT2D eigenvalue weighted by Gasteiger charge is 2.24. The average molecular weight is 218 g/mol. The Kier molecular flexibility index (Phi) is 1.95. The van der Waals surface area contributed by atoms with Crippen molar-refractivity contribution in [2.75, 3.05) is 0 Å². The monoisotopic (exact) mass is 218 g/mol. The minimum Gasteiger partial charge on any atom is -0.297 e. The lowest BCUT2D eigenvalue weighted by Gasteiger charge is -1.93. The maximum atomic E-state index is 10.6. The fourth-order valence-electron chi connectivity index (χ4n) is 1.61. The molecular formula is C11H10N2OS. The summed E-state index contributed by atoms with van der Waals surface area (Å²) in [5, 5.41) is 5.31. The van der Waals surface area contributed by atoms with E-state index >= 15 is 0 Å². The van der Waals surface area contributed by atoms with E-state index < -0.39 is 0 Å². The molecule has 0 unspecified atom stereocenters. The Bertz CT molecular complexity index is 496. The summed E-state index contributed by atoms with van der Waals surface area (Å²) >= 11 is 1.46. The Morgan fingerprint density at radius 2 is 2.33 bits per heavy atom. The van der Waals surface area contributed by atoms with Crippen LogP contribution in [0, 0.1) is 0 Å². The first-order valence-electron chi connectivity index (χ1n) is 4.97. The van der Waals surface area contributed by atoms with Crippen LogP contribution in [0.5, 0.6) is 0 Å². The van der Waals surface area contributed by atoms with Gasteiger partial charge in [0.25, 0.3) is 0 Å². The van der Waals surface area contributed by atoms with Gasteiger partial charge in [-0.2, -0.15) is 5.10 Å². The Morgan fingerprint density at radius 3 is 3.00 bits per heavy atom. The number of hydrogen-bond donors (Lipinski definition) is 0. The van der Waals surface area contributed by atoms with Crippen molar-refractivity contribution < 1.29 is 4.79 Å². The molecule has 1 fully saturated rings. The summed E-state index contributed by atoms with van der Waals surface area (Å²) in [7, 11) is 0. The molecule has 0 radical (unpaired) electrons. The summed E-state index contributed by atoms with van der Waals surface area (Å²) in [6.07, 6.45) is 7.45. The molecule has 0 atom stereocenters. The molecule has 0 aliphatic heterocycles. The lowest BCUT2D eigenvalue weighted by atomic mass is 10.2. The molecule has 1 aliphatic carbocycles. The number of rotatable bonds is 3. The third-order valence-corrected chi connectivity index (χ3v) is 3.61. The SMILES string of the molecule is O=Cc1ccc(-n2cc(C3CC3)cn2)s1. The molecule has 0 saturated heterocycles. The molecule has 3 nitrogen and oxygen atoms in total. The van der Waals surface area contributed by atoms with Gasteiger partial charge in [0, 0.05) is 6.20 Å². The third kappa shape index (κ3) is 1.61. The number of carbonyl (C=O) groups is 1. The quantitative estimate of drug-likeness (QED) is 0.742. The summed E-state index contributed by atoms with van der Waals surface area (Å²) in [5.41, 5.74) is 1.32. The summed E-state index contributed by atoms with van der Waals surface area (Å²) in [4.78, 5) is 11.3. The third-order valence-electron chi connectivity index (χ3n) is 2.61. The molecule has 0 spiro atoms. The largest absolute Gasteiger partial charge is 0.297 e. The first-order valence-corrected chi connectivity index (χ1v) is 5.78. The Labute approximate surface area is 91.4 Å². The molecule has 0 bridgehead atoms. The van der Waals surface area contributed by atoms with Gasteiger partial charge in [-0.15, -0.1) is 11.3 Å². The van der Waals surface area contributed by atoms with Gasteiger partial charge in [-0.25, -0.2) is 4.68 Å². The maximum absolute atomic E-state index is 10.6. The summed E-state index contributed by atoms with van der Waals surface area (Å²) in [6.45, 7) is 0. The van der Waals surface area contributed by atoms with Crippen LogP contribution in [0.25, 0.3) is 5.00 Å². The van der Waals surface area contributed by atoms with Crippen molar-refractivity contribution in [2.24, 2.45) is 0 Å². The van der Waals surface area contributed by atoms with E-state index in [1.54, 1.807) is 0 Å². The van der Waals surface area contributed by atoms with Gasteiger partial charge in [0.1, 0.15) is 5.00 Å². The normalized spacial score (nSPS) is 15.5. The minimum absolute atomic E-state index is 0.726. The van der Waals surface area contributed by atoms with Crippen molar-refractivity contribution in [1.82, 2.24) is 9.78 Å². The predicted octanol–water partition coefficient (Wildman–Crippen LogP) is 2.62.